The molecule has 0 fully saturated rings. The first-order valence-corrected chi connectivity index (χ1v) is 2.52. The maximum absolute atomic E-state index is 11.4. The van der Waals surface area contributed by atoms with Gasteiger partial charge in [-0.3, -0.25) is 4.79 Å². The van der Waals surface area contributed by atoms with Crippen LogP contribution in [0.4, 0.5) is 13.2 Å². The second kappa shape index (κ2) is 2.90. The first-order chi connectivity index (χ1) is 4.34. The van der Waals surface area contributed by atoms with E-state index in [1.165, 1.54) is 13.8 Å². The van der Waals surface area contributed by atoms with Gasteiger partial charge in [0.2, 0.25) is 0 Å². The van der Waals surface area contributed by atoms with Crippen LogP contribution in [0, 0.1) is 6.04 Å². The van der Waals surface area contributed by atoms with E-state index in [-0.39, 0.29) is 6.04 Å². The third-order valence-electron chi connectivity index (χ3n) is 0.621. The molecular weight excluding hydrogens is 147 g/mol. The summed E-state index contributed by atoms with van der Waals surface area (Å²) < 4.78 is 34.2. The van der Waals surface area contributed by atoms with Crippen molar-refractivity contribution in [3.8, 4) is 0 Å². The van der Waals surface area contributed by atoms with Gasteiger partial charge in [0.25, 0.3) is 0 Å². The fraction of sp³-hybridized carbons (Fsp3) is 0.600. The molecule has 0 spiro atoms. The number of alkyl halides is 3. The predicted molar refractivity (Wildman–Crippen MR) is 28.8 cm³/mol. The number of halogens is 3. The molecule has 0 bridgehead atoms. The third-order valence-corrected chi connectivity index (χ3v) is 0.621. The van der Waals surface area contributed by atoms with Gasteiger partial charge in [0.05, 0.1) is 6.04 Å². The first kappa shape index (κ1) is 9.26. The van der Waals surface area contributed by atoms with Crippen LogP contribution in [0.1, 0.15) is 13.8 Å². The average molecular weight is 154 g/mol. The molecule has 0 saturated heterocycles. The minimum Gasteiger partial charge on any atom is -0.341 e. The van der Waals surface area contributed by atoms with Crippen molar-refractivity contribution in [3.05, 3.63) is 6.04 Å². The molecule has 0 aromatic carbocycles. The monoisotopic (exact) mass is 154 g/mol. The maximum Gasteiger partial charge on any atom is 0.471 e. The van der Waals surface area contributed by atoms with Crippen LogP contribution in [0.25, 0.3) is 0 Å². The van der Waals surface area contributed by atoms with E-state index in [0.29, 0.717) is 0 Å². The zero-order valence-electron chi connectivity index (χ0n) is 5.54. The van der Waals surface area contributed by atoms with Crippen molar-refractivity contribution in [3.63, 3.8) is 0 Å². The molecule has 0 aliphatic heterocycles. The zero-order valence-corrected chi connectivity index (χ0v) is 5.54. The Bertz CT molecular complexity index is 129. The normalized spacial score (nSPS) is 11.8. The van der Waals surface area contributed by atoms with Crippen molar-refractivity contribution in [1.82, 2.24) is 5.32 Å². The summed E-state index contributed by atoms with van der Waals surface area (Å²) in [5.74, 6) is -1.92. The number of hydrogen-bond acceptors (Lipinski definition) is 1. The molecule has 1 N–H and O–H groups in total. The van der Waals surface area contributed by atoms with Crippen LogP contribution in [0.15, 0.2) is 0 Å². The maximum atomic E-state index is 11.4. The molecular formula is C5H7F3NO. The van der Waals surface area contributed by atoms with Crippen molar-refractivity contribution in [1.29, 1.82) is 0 Å². The highest BCUT2D eigenvalue weighted by Gasteiger charge is 2.38. The molecule has 0 atom stereocenters. The van der Waals surface area contributed by atoms with Crippen molar-refractivity contribution in [2.45, 2.75) is 20.0 Å². The van der Waals surface area contributed by atoms with E-state index < -0.39 is 12.1 Å². The number of carbonyl (C=O) groups excluding carboxylic acids is 1. The van der Waals surface area contributed by atoms with E-state index >= 15 is 0 Å². The standard InChI is InChI=1S/C5H7F3NO/c1-3(2)9-4(10)5(6,7)8/h1-2H3,(H,9,10). The Labute approximate surface area is 56.4 Å². The van der Waals surface area contributed by atoms with Gasteiger partial charge in [-0.2, -0.15) is 13.2 Å². The largest absolute Gasteiger partial charge is 0.471 e. The summed E-state index contributed by atoms with van der Waals surface area (Å²) in [5, 5.41) is 1.64. The minimum absolute atomic E-state index is 0.224. The molecule has 59 valence electrons. The summed E-state index contributed by atoms with van der Waals surface area (Å²) in [5.41, 5.74) is 0. The number of rotatable bonds is 1. The van der Waals surface area contributed by atoms with Crippen molar-refractivity contribution < 1.29 is 18.0 Å². The molecule has 0 aromatic heterocycles. The van der Waals surface area contributed by atoms with Gasteiger partial charge in [0.1, 0.15) is 0 Å². The van der Waals surface area contributed by atoms with Gasteiger partial charge >= 0.3 is 12.1 Å². The van der Waals surface area contributed by atoms with E-state index in [0.717, 1.165) is 0 Å². The van der Waals surface area contributed by atoms with Crippen LogP contribution < -0.4 is 5.32 Å². The second-order valence-electron chi connectivity index (χ2n) is 1.95. The third kappa shape index (κ3) is 3.32. The van der Waals surface area contributed by atoms with Crippen molar-refractivity contribution >= 4 is 5.91 Å². The SMILES string of the molecule is C[C](C)NC(=O)C(F)(F)F. The molecule has 0 aliphatic carbocycles. The Morgan fingerprint density at radius 2 is 1.70 bits per heavy atom. The lowest BCUT2D eigenvalue weighted by Crippen LogP contribution is -2.37. The average Bonchev–Trinajstić information content (AvgIpc) is 1.60. The summed E-state index contributed by atoms with van der Waals surface area (Å²) in [6.45, 7) is 2.76. The first-order valence-electron chi connectivity index (χ1n) is 2.52. The molecule has 0 unspecified atom stereocenters. The van der Waals surface area contributed by atoms with Crippen LogP contribution in [0.3, 0.4) is 0 Å². The van der Waals surface area contributed by atoms with E-state index in [1.807, 2.05) is 0 Å². The van der Waals surface area contributed by atoms with E-state index in [4.69, 9.17) is 0 Å². The summed E-state index contributed by atoms with van der Waals surface area (Å²) in [6, 6.07) is 0.224. The number of nitrogens with one attached hydrogen (secondary N) is 1. The Morgan fingerprint density at radius 3 is 1.80 bits per heavy atom. The topological polar surface area (TPSA) is 29.1 Å². The van der Waals surface area contributed by atoms with Crippen molar-refractivity contribution in [2.24, 2.45) is 0 Å². The Hall–Kier alpha value is -0.740. The predicted octanol–water partition coefficient (Wildman–Crippen LogP) is 1.24. The van der Waals surface area contributed by atoms with Crippen LogP contribution in [-0.4, -0.2) is 12.1 Å². The highest BCUT2D eigenvalue weighted by molar-refractivity contribution is 5.82. The van der Waals surface area contributed by atoms with E-state index in [2.05, 4.69) is 0 Å². The van der Waals surface area contributed by atoms with Crippen LogP contribution in [0.5, 0.6) is 0 Å². The van der Waals surface area contributed by atoms with Gasteiger partial charge in [-0.1, -0.05) is 0 Å². The number of amides is 1. The molecule has 0 rings (SSSR count). The minimum atomic E-state index is -4.78. The Morgan fingerprint density at radius 1 is 1.30 bits per heavy atom. The summed E-state index contributed by atoms with van der Waals surface area (Å²) in [7, 11) is 0. The lowest BCUT2D eigenvalue weighted by Gasteiger charge is -2.08. The van der Waals surface area contributed by atoms with E-state index in [9.17, 15) is 18.0 Å². The van der Waals surface area contributed by atoms with Gasteiger partial charge in [-0.05, 0) is 13.8 Å². The summed E-state index contributed by atoms with van der Waals surface area (Å²) in [4.78, 5) is 10.0. The quantitative estimate of drug-likeness (QED) is 0.604. The smallest absolute Gasteiger partial charge is 0.341 e. The lowest BCUT2D eigenvalue weighted by molar-refractivity contribution is -0.173. The highest BCUT2D eigenvalue weighted by Crippen LogP contribution is 2.14. The van der Waals surface area contributed by atoms with Crippen LogP contribution >= 0.6 is 0 Å². The van der Waals surface area contributed by atoms with Crippen molar-refractivity contribution in [2.75, 3.05) is 0 Å². The van der Waals surface area contributed by atoms with Crippen LogP contribution in [-0.2, 0) is 4.79 Å². The van der Waals surface area contributed by atoms with Gasteiger partial charge in [-0.15, -0.1) is 0 Å². The van der Waals surface area contributed by atoms with Gasteiger partial charge in [0.15, 0.2) is 0 Å². The highest BCUT2D eigenvalue weighted by atomic mass is 19.4. The number of carbonyl (C=O) groups is 1. The van der Waals surface area contributed by atoms with Crippen LogP contribution in [0.2, 0.25) is 0 Å². The molecule has 2 nitrogen and oxygen atoms in total. The lowest BCUT2D eigenvalue weighted by atomic mass is 10.4. The molecule has 0 aromatic rings. The fourth-order valence-corrected chi connectivity index (χ4v) is 0.298. The summed E-state index contributed by atoms with van der Waals surface area (Å²) >= 11 is 0. The molecule has 5 heteroatoms. The molecule has 10 heavy (non-hydrogen) atoms. The molecule has 1 radical (unpaired) electrons. The Kier molecular flexibility index (Phi) is 2.68. The summed E-state index contributed by atoms with van der Waals surface area (Å²) in [6.07, 6.45) is -4.78. The second-order valence-corrected chi connectivity index (χ2v) is 1.95. The molecule has 1 amide bonds. The molecule has 0 aliphatic rings. The Balaban J connectivity index is 3.87. The van der Waals surface area contributed by atoms with Gasteiger partial charge in [0, 0.05) is 0 Å². The number of hydrogen-bond donors (Lipinski definition) is 1. The fourth-order valence-electron chi connectivity index (χ4n) is 0.298. The van der Waals surface area contributed by atoms with E-state index in [1.54, 1.807) is 5.32 Å². The molecule has 0 heterocycles. The zero-order chi connectivity index (χ0) is 8.36. The van der Waals surface area contributed by atoms with Gasteiger partial charge < -0.3 is 5.32 Å². The molecule has 0 saturated carbocycles. The van der Waals surface area contributed by atoms with Gasteiger partial charge in [-0.25, -0.2) is 0 Å².